The Kier molecular flexibility index (Phi) is 4.76. The maximum Gasteiger partial charge on any atom is 0.262 e. The highest BCUT2D eigenvalue weighted by Gasteiger charge is 2.19. The lowest BCUT2D eigenvalue weighted by Gasteiger charge is -2.18. The van der Waals surface area contributed by atoms with E-state index in [-0.39, 0.29) is 18.0 Å². The summed E-state index contributed by atoms with van der Waals surface area (Å²) in [4.78, 5) is 20.5. The van der Waals surface area contributed by atoms with Crippen molar-refractivity contribution in [3.05, 3.63) is 45.1 Å². The summed E-state index contributed by atoms with van der Waals surface area (Å²) in [5, 5.41) is 7.00. The standard InChI is InChI=1S/C16H19N5OS.ClH/c1-11-12(9-17-19(11)2)10-20-5-3-14-18-15-13(4-8-23-15)16(22)21(14)7-6-20;/h4,8-9H,3,5-7,10H2,1-2H3;1H. The molecule has 4 heterocycles. The molecule has 1 aliphatic rings. The average Bonchev–Trinajstić information content (AvgIpc) is 3.06. The van der Waals surface area contributed by atoms with E-state index in [1.165, 1.54) is 11.3 Å². The van der Waals surface area contributed by atoms with Crippen LogP contribution in [0.3, 0.4) is 0 Å². The summed E-state index contributed by atoms with van der Waals surface area (Å²) in [6.45, 7) is 5.44. The molecule has 8 heteroatoms. The van der Waals surface area contributed by atoms with Gasteiger partial charge in [-0.15, -0.1) is 23.7 Å². The van der Waals surface area contributed by atoms with Crippen LogP contribution in [0.25, 0.3) is 10.2 Å². The number of rotatable bonds is 2. The van der Waals surface area contributed by atoms with Crippen molar-refractivity contribution in [3.8, 4) is 0 Å². The van der Waals surface area contributed by atoms with Gasteiger partial charge >= 0.3 is 0 Å². The van der Waals surface area contributed by atoms with Crippen LogP contribution in [0.2, 0.25) is 0 Å². The van der Waals surface area contributed by atoms with Crippen LogP contribution < -0.4 is 5.56 Å². The topological polar surface area (TPSA) is 56.0 Å². The van der Waals surface area contributed by atoms with Crippen LogP contribution in [0.4, 0.5) is 0 Å². The first-order chi connectivity index (χ1) is 11.1. The molecule has 0 aromatic carbocycles. The summed E-state index contributed by atoms with van der Waals surface area (Å²) in [6, 6.07) is 1.88. The van der Waals surface area contributed by atoms with Crippen molar-refractivity contribution in [2.45, 2.75) is 26.4 Å². The zero-order valence-corrected chi connectivity index (χ0v) is 15.4. The van der Waals surface area contributed by atoms with Gasteiger partial charge in [0.2, 0.25) is 0 Å². The molecule has 24 heavy (non-hydrogen) atoms. The van der Waals surface area contributed by atoms with Crippen molar-refractivity contribution in [1.29, 1.82) is 0 Å². The van der Waals surface area contributed by atoms with Crippen LogP contribution >= 0.6 is 23.7 Å². The minimum Gasteiger partial charge on any atom is -0.297 e. The van der Waals surface area contributed by atoms with Gasteiger partial charge in [0, 0.05) is 50.9 Å². The summed E-state index contributed by atoms with van der Waals surface area (Å²) in [7, 11) is 1.97. The van der Waals surface area contributed by atoms with E-state index in [9.17, 15) is 4.79 Å². The molecular weight excluding hydrogens is 346 g/mol. The van der Waals surface area contributed by atoms with Crippen molar-refractivity contribution in [3.63, 3.8) is 0 Å². The highest BCUT2D eigenvalue weighted by molar-refractivity contribution is 7.16. The minimum absolute atomic E-state index is 0. The molecule has 0 amide bonds. The van der Waals surface area contributed by atoms with Gasteiger partial charge in [-0.05, 0) is 18.4 Å². The number of halogens is 1. The molecule has 0 spiro atoms. The number of fused-ring (bicyclic) bond motifs is 2. The van der Waals surface area contributed by atoms with E-state index >= 15 is 0 Å². The fraction of sp³-hybridized carbons (Fsp3) is 0.438. The quantitative estimate of drug-likeness (QED) is 0.696. The molecule has 0 radical (unpaired) electrons. The zero-order valence-electron chi connectivity index (χ0n) is 13.7. The smallest absolute Gasteiger partial charge is 0.262 e. The van der Waals surface area contributed by atoms with Crippen LogP contribution in [-0.2, 0) is 26.6 Å². The molecule has 3 aromatic heterocycles. The highest BCUT2D eigenvalue weighted by Crippen LogP contribution is 2.18. The van der Waals surface area contributed by atoms with E-state index in [1.54, 1.807) is 11.3 Å². The normalized spacial score (nSPS) is 15.1. The first-order valence-electron chi connectivity index (χ1n) is 7.80. The van der Waals surface area contributed by atoms with Gasteiger partial charge in [-0.2, -0.15) is 5.10 Å². The van der Waals surface area contributed by atoms with Crippen LogP contribution in [0.15, 0.2) is 22.4 Å². The first-order valence-corrected chi connectivity index (χ1v) is 8.68. The number of aromatic nitrogens is 4. The van der Waals surface area contributed by atoms with Gasteiger partial charge in [0.05, 0.1) is 11.6 Å². The van der Waals surface area contributed by atoms with Gasteiger partial charge in [0.15, 0.2) is 0 Å². The fourth-order valence-corrected chi connectivity index (χ4v) is 3.90. The van der Waals surface area contributed by atoms with Crippen LogP contribution in [0.5, 0.6) is 0 Å². The van der Waals surface area contributed by atoms with Gasteiger partial charge in [0.25, 0.3) is 5.56 Å². The largest absolute Gasteiger partial charge is 0.297 e. The van der Waals surface area contributed by atoms with Crippen molar-refractivity contribution in [2.75, 3.05) is 13.1 Å². The Morgan fingerprint density at radius 3 is 2.88 bits per heavy atom. The first kappa shape index (κ1) is 17.1. The second-order valence-corrected chi connectivity index (χ2v) is 6.92. The van der Waals surface area contributed by atoms with E-state index in [1.807, 2.05) is 33.9 Å². The molecule has 128 valence electrons. The molecule has 0 bridgehead atoms. The number of thiophene rings is 1. The average molecular weight is 366 g/mol. The van der Waals surface area contributed by atoms with E-state index in [0.717, 1.165) is 42.1 Å². The molecular formula is C16H20ClN5OS. The second kappa shape index (κ2) is 6.66. The predicted octanol–water partition coefficient (Wildman–Crippen LogP) is 1.98. The maximum atomic E-state index is 12.6. The summed E-state index contributed by atoms with van der Waals surface area (Å²) < 4.78 is 3.76. The molecule has 0 aliphatic carbocycles. The van der Waals surface area contributed by atoms with Crippen molar-refractivity contribution in [2.24, 2.45) is 7.05 Å². The Labute approximate surface area is 150 Å². The number of nitrogens with zero attached hydrogens (tertiary/aromatic N) is 5. The molecule has 1 aliphatic heterocycles. The van der Waals surface area contributed by atoms with Gasteiger partial charge in [-0.25, -0.2) is 4.98 Å². The number of hydrogen-bond donors (Lipinski definition) is 0. The lowest BCUT2D eigenvalue weighted by molar-refractivity contribution is 0.270. The molecule has 0 saturated carbocycles. The summed E-state index contributed by atoms with van der Waals surface area (Å²) in [6.07, 6.45) is 2.75. The summed E-state index contributed by atoms with van der Waals surface area (Å²) in [5.74, 6) is 0.912. The van der Waals surface area contributed by atoms with E-state index in [0.29, 0.717) is 6.54 Å². The Balaban J connectivity index is 0.00000169. The van der Waals surface area contributed by atoms with Crippen molar-refractivity contribution in [1.82, 2.24) is 24.2 Å². The van der Waals surface area contributed by atoms with Crippen LogP contribution in [0, 0.1) is 6.92 Å². The third kappa shape index (κ3) is 2.87. The summed E-state index contributed by atoms with van der Waals surface area (Å²) >= 11 is 1.54. The molecule has 6 nitrogen and oxygen atoms in total. The second-order valence-electron chi connectivity index (χ2n) is 6.03. The third-order valence-electron chi connectivity index (χ3n) is 4.68. The van der Waals surface area contributed by atoms with Crippen LogP contribution in [0.1, 0.15) is 17.1 Å². The van der Waals surface area contributed by atoms with Gasteiger partial charge < -0.3 is 0 Å². The van der Waals surface area contributed by atoms with E-state index in [4.69, 9.17) is 4.98 Å². The molecule has 4 rings (SSSR count). The zero-order chi connectivity index (χ0) is 16.0. The highest BCUT2D eigenvalue weighted by atomic mass is 35.5. The lowest BCUT2D eigenvalue weighted by atomic mass is 10.2. The Hall–Kier alpha value is -1.70. The Morgan fingerprint density at radius 2 is 2.12 bits per heavy atom. The minimum atomic E-state index is 0. The predicted molar refractivity (Wildman–Crippen MR) is 98.1 cm³/mol. The van der Waals surface area contributed by atoms with Gasteiger partial charge in [0.1, 0.15) is 10.7 Å². The van der Waals surface area contributed by atoms with Crippen molar-refractivity contribution >= 4 is 34.0 Å². The lowest BCUT2D eigenvalue weighted by Crippen LogP contribution is -2.28. The Morgan fingerprint density at radius 1 is 1.29 bits per heavy atom. The van der Waals surface area contributed by atoms with E-state index < -0.39 is 0 Å². The molecule has 0 unspecified atom stereocenters. The SMILES string of the molecule is Cc1c(CN2CCc3nc4sccc4c(=O)n3CC2)cnn1C.Cl. The van der Waals surface area contributed by atoms with Crippen molar-refractivity contribution < 1.29 is 0 Å². The van der Waals surface area contributed by atoms with Gasteiger partial charge in [-0.3, -0.25) is 18.9 Å². The van der Waals surface area contributed by atoms with Crippen LogP contribution in [-0.4, -0.2) is 37.3 Å². The monoisotopic (exact) mass is 365 g/mol. The molecule has 0 saturated heterocycles. The maximum absolute atomic E-state index is 12.6. The Bertz CT molecular complexity index is 928. The number of aryl methyl sites for hydroxylation is 1. The number of hydrogen-bond acceptors (Lipinski definition) is 5. The molecule has 0 fully saturated rings. The van der Waals surface area contributed by atoms with Gasteiger partial charge in [-0.1, -0.05) is 0 Å². The molecule has 0 atom stereocenters. The van der Waals surface area contributed by atoms with E-state index in [2.05, 4.69) is 16.9 Å². The molecule has 3 aromatic rings. The fourth-order valence-electron chi connectivity index (χ4n) is 3.12. The molecule has 0 N–H and O–H groups in total. The third-order valence-corrected chi connectivity index (χ3v) is 5.49. The summed E-state index contributed by atoms with van der Waals surface area (Å²) in [5.41, 5.74) is 2.55.